The first kappa shape index (κ1) is 10.1. The molecule has 0 aliphatic carbocycles. The molecule has 2 N–H and O–H groups in total. The van der Waals surface area contributed by atoms with Crippen LogP contribution in [-0.2, 0) is 0 Å². The van der Waals surface area contributed by atoms with Crippen LogP contribution in [0.4, 0.5) is 0 Å². The number of ether oxygens (including phenoxy) is 1. The molecule has 2 nitrogen and oxygen atoms in total. The van der Waals surface area contributed by atoms with E-state index in [9.17, 15) is 0 Å². The van der Waals surface area contributed by atoms with E-state index in [1.54, 1.807) is 13.2 Å². The molecule has 13 heavy (non-hydrogen) atoms. The highest BCUT2D eigenvalue weighted by atomic mass is 35.5. The third-order valence-electron chi connectivity index (χ3n) is 1.64. The highest BCUT2D eigenvalue weighted by Crippen LogP contribution is 2.22. The van der Waals surface area contributed by atoms with Crippen molar-refractivity contribution in [2.45, 2.75) is 0 Å². The van der Waals surface area contributed by atoms with Crippen LogP contribution >= 0.6 is 11.6 Å². The Balaban J connectivity index is 2.97. The zero-order valence-electron chi connectivity index (χ0n) is 7.46. The molecule has 0 bridgehead atoms. The molecule has 0 heterocycles. The van der Waals surface area contributed by atoms with E-state index in [0.29, 0.717) is 11.6 Å². The van der Waals surface area contributed by atoms with Crippen LogP contribution in [0.25, 0.3) is 6.08 Å². The normalized spacial score (nSPS) is 10.7. The van der Waals surface area contributed by atoms with Gasteiger partial charge in [0.05, 0.1) is 7.11 Å². The summed E-state index contributed by atoms with van der Waals surface area (Å²) in [6.07, 6.45) is 3.73. The molecule has 0 aromatic heterocycles. The number of hydrogen-bond donors (Lipinski definition) is 1. The second-order valence-corrected chi connectivity index (χ2v) is 2.93. The van der Waals surface area contributed by atoms with Crippen LogP contribution in [0.15, 0.2) is 24.3 Å². The van der Waals surface area contributed by atoms with E-state index in [4.69, 9.17) is 22.1 Å². The Bertz CT molecular complexity index is 310. The highest BCUT2D eigenvalue weighted by molar-refractivity contribution is 6.32. The number of rotatable bonds is 3. The van der Waals surface area contributed by atoms with Gasteiger partial charge in [-0.15, -0.1) is 0 Å². The summed E-state index contributed by atoms with van der Waals surface area (Å²) >= 11 is 5.94. The fourth-order valence-electron chi connectivity index (χ4n) is 0.972. The van der Waals surface area contributed by atoms with Gasteiger partial charge in [-0.2, -0.15) is 0 Å². The first-order chi connectivity index (χ1) is 6.27. The predicted molar refractivity (Wildman–Crippen MR) is 56.1 cm³/mol. The lowest BCUT2D eigenvalue weighted by Gasteiger charge is -2.02. The molecular formula is C10H12ClNO. The number of halogens is 1. The zero-order valence-corrected chi connectivity index (χ0v) is 8.21. The van der Waals surface area contributed by atoms with E-state index in [0.717, 1.165) is 11.3 Å². The standard InChI is InChI=1S/C10H12ClNO/c1-13-9-4-5-10(11)8(7-9)3-2-6-12/h2-5,7H,6,12H2,1H3/b3-2+. The topological polar surface area (TPSA) is 35.2 Å². The number of hydrogen-bond acceptors (Lipinski definition) is 2. The Morgan fingerprint density at radius 3 is 2.92 bits per heavy atom. The molecule has 0 saturated carbocycles. The zero-order chi connectivity index (χ0) is 9.68. The first-order valence-corrected chi connectivity index (χ1v) is 4.36. The van der Waals surface area contributed by atoms with E-state index in [2.05, 4.69) is 0 Å². The lowest BCUT2D eigenvalue weighted by atomic mass is 10.2. The molecule has 0 atom stereocenters. The van der Waals surface area contributed by atoms with Crippen LogP contribution in [0.5, 0.6) is 5.75 Å². The molecule has 0 spiro atoms. The first-order valence-electron chi connectivity index (χ1n) is 3.98. The lowest BCUT2D eigenvalue weighted by Crippen LogP contribution is -1.92. The van der Waals surface area contributed by atoms with Gasteiger partial charge in [0.2, 0.25) is 0 Å². The maximum atomic E-state index is 5.94. The SMILES string of the molecule is COc1ccc(Cl)c(/C=C/CN)c1. The van der Waals surface area contributed by atoms with Crippen molar-refractivity contribution >= 4 is 17.7 Å². The number of nitrogens with two attached hydrogens (primary N) is 1. The van der Waals surface area contributed by atoms with Crippen LogP contribution in [0, 0.1) is 0 Å². The third-order valence-corrected chi connectivity index (χ3v) is 1.98. The maximum Gasteiger partial charge on any atom is 0.119 e. The molecule has 0 aliphatic rings. The van der Waals surface area contributed by atoms with Gasteiger partial charge < -0.3 is 10.5 Å². The third kappa shape index (κ3) is 2.76. The van der Waals surface area contributed by atoms with Gasteiger partial charge in [0.15, 0.2) is 0 Å². The monoisotopic (exact) mass is 197 g/mol. The van der Waals surface area contributed by atoms with E-state index in [-0.39, 0.29) is 0 Å². The Hall–Kier alpha value is -0.990. The molecular weight excluding hydrogens is 186 g/mol. The summed E-state index contributed by atoms with van der Waals surface area (Å²) < 4.78 is 5.07. The summed E-state index contributed by atoms with van der Waals surface area (Å²) in [7, 11) is 1.62. The summed E-state index contributed by atoms with van der Waals surface area (Å²) in [4.78, 5) is 0. The molecule has 1 aromatic rings. The minimum absolute atomic E-state index is 0.507. The second kappa shape index (κ2) is 4.90. The van der Waals surface area contributed by atoms with Crippen molar-refractivity contribution in [2.24, 2.45) is 5.73 Å². The van der Waals surface area contributed by atoms with Crippen molar-refractivity contribution < 1.29 is 4.74 Å². The van der Waals surface area contributed by atoms with E-state index >= 15 is 0 Å². The van der Waals surface area contributed by atoms with Crippen LogP contribution in [-0.4, -0.2) is 13.7 Å². The molecule has 70 valence electrons. The fraction of sp³-hybridized carbons (Fsp3) is 0.200. The number of benzene rings is 1. The van der Waals surface area contributed by atoms with Gasteiger partial charge in [-0.05, 0) is 23.8 Å². The summed E-state index contributed by atoms with van der Waals surface area (Å²) in [6, 6.07) is 5.49. The van der Waals surface area contributed by atoms with E-state index in [1.165, 1.54) is 0 Å². The van der Waals surface area contributed by atoms with Gasteiger partial charge in [-0.25, -0.2) is 0 Å². The quantitative estimate of drug-likeness (QED) is 0.807. The number of methoxy groups -OCH3 is 1. The smallest absolute Gasteiger partial charge is 0.119 e. The van der Waals surface area contributed by atoms with Crippen LogP contribution in [0.2, 0.25) is 5.02 Å². The molecule has 0 unspecified atom stereocenters. The second-order valence-electron chi connectivity index (χ2n) is 2.53. The van der Waals surface area contributed by atoms with Gasteiger partial charge in [0.1, 0.15) is 5.75 Å². The maximum absolute atomic E-state index is 5.94. The van der Waals surface area contributed by atoms with Crippen molar-refractivity contribution in [2.75, 3.05) is 13.7 Å². The summed E-state index contributed by atoms with van der Waals surface area (Å²) in [5, 5.41) is 0.700. The molecule has 0 amide bonds. The fourth-order valence-corrected chi connectivity index (χ4v) is 1.15. The van der Waals surface area contributed by atoms with E-state index in [1.807, 2.05) is 24.3 Å². The summed E-state index contributed by atoms with van der Waals surface area (Å²) in [6.45, 7) is 0.507. The molecule has 3 heteroatoms. The largest absolute Gasteiger partial charge is 0.497 e. The summed E-state index contributed by atoms with van der Waals surface area (Å²) in [5.74, 6) is 0.793. The molecule has 0 radical (unpaired) electrons. The Morgan fingerprint density at radius 1 is 1.54 bits per heavy atom. The average Bonchev–Trinajstić information content (AvgIpc) is 2.17. The van der Waals surface area contributed by atoms with Crippen molar-refractivity contribution in [3.8, 4) is 5.75 Å². The minimum atomic E-state index is 0.507. The molecule has 1 rings (SSSR count). The van der Waals surface area contributed by atoms with Crippen molar-refractivity contribution in [3.05, 3.63) is 34.9 Å². The van der Waals surface area contributed by atoms with Crippen LogP contribution in [0.1, 0.15) is 5.56 Å². The lowest BCUT2D eigenvalue weighted by molar-refractivity contribution is 0.414. The predicted octanol–water partition coefficient (Wildman–Crippen LogP) is 2.32. The van der Waals surface area contributed by atoms with Crippen LogP contribution in [0.3, 0.4) is 0 Å². The van der Waals surface area contributed by atoms with E-state index < -0.39 is 0 Å². The Labute approximate surface area is 83.0 Å². The van der Waals surface area contributed by atoms with Gasteiger partial charge in [0, 0.05) is 11.6 Å². The van der Waals surface area contributed by atoms with Gasteiger partial charge in [-0.1, -0.05) is 23.8 Å². The van der Waals surface area contributed by atoms with Crippen molar-refractivity contribution in [3.63, 3.8) is 0 Å². The van der Waals surface area contributed by atoms with Gasteiger partial charge in [-0.3, -0.25) is 0 Å². The Kier molecular flexibility index (Phi) is 3.80. The van der Waals surface area contributed by atoms with Crippen LogP contribution < -0.4 is 10.5 Å². The molecule has 0 aliphatic heterocycles. The van der Waals surface area contributed by atoms with Crippen molar-refractivity contribution in [1.29, 1.82) is 0 Å². The van der Waals surface area contributed by atoms with Crippen molar-refractivity contribution in [1.82, 2.24) is 0 Å². The van der Waals surface area contributed by atoms with Gasteiger partial charge >= 0.3 is 0 Å². The molecule has 0 saturated heterocycles. The molecule has 0 fully saturated rings. The Morgan fingerprint density at radius 2 is 2.31 bits per heavy atom. The molecule has 1 aromatic carbocycles. The summed E-state index contributed by atoms with van der Waals surface area (Å²) in [5.41, 5.74) is 6.26. The minimum Gasteiger partial charge on any atom is -0.497 e. The average molecular weight is 198 g/mol. The van der Waals surface area contributed by atoms with Gasteiger partial charge in [0.25, 0.3) is 0 Å². The highest BCUT2D eigenvalue weighted by Gasteiger charge is 1.97.